The van der Waals surface area contributed by atoms with E-state index in [2.05, 4.69) is 68.1 Å². The van der Waals surface area contributed by atoms with E-state index >= 15 is 0 Å². The summed E-state index contributed by atoms with van der Waals surface area (Å²) < 4.78 is 43.6. The molecule has 1 amide bonds. The van der Waals surface area contributed by atoms with Crippen molar-refractivity contribution in [2.45, 2.75) is 63.0 Å². The number of aromatic nitrogens is 3. The zero-order valence-corrected chi connectivity index (χ0v) is 22.7. The van der Waals surface area contributed by atoms with Crippen molar-refractivity contribution in [3.8, 4) is 5.88 Å². The molecule has 11 heteroatoms. The fourth-order valence-electron chi connectivity index (χ4n) is 5.82. The Morgan fingerprint density at radius 3 is 2.37 bits per heavy atom. The van der Waals surface area contributed by atoms with E-state index in [9.17, 15) is 18.0 Å². The molecule has 1 aromatic carbocycles. The summed E-state index contributed by atoms with van der Waals surface area (Å²) in [6.45, 7) is 8.62. The quantitative estimate of drug-likeness (QED) is 0.406. The number of benzene rings is 1. The van der Waals surface area contributed by atoms with Crippen LogP contribution in [0.4, 0.5) is 18.9 Å². The van der Waals surface area contributed by atoms with Gasteiger partial charge in [-0.2, -0.15) is 18.3 Å². The zero-order chi connectivity index (χ0) is 28.8. The molecule has 4 heterocycles. The fraction of sp³-hybridized carbons (Fsp3) is 0.400. The fourth-order valence-corrected chi connectivity index (χ4v) is 5.82. The highest BCUT2D eigenvalue weighted by molar-refractivity contribution is 5.90. The van der Waals surface area contributed by atoms with E-state index in [1.165, 1.54) is 18.2 Å². The molecule has 2 aliphatic heterocycles. The first-order valence-electron chi connectivity index (χ1n) is 13.7. The summed E-state index contributed by atoms with van der Waals surface area (Å²) in [7, 11) is 0. The number of pyridine rings is 1. The molecule has 6 rings (SSSR count). The summed E-state index contributed by atoms with van der Waals surface area (Å²) >= 11 is 0. The molecule has 2 atom stereocenters. The summed E-state index contributed by atoms with van der Waals surface area (Å²) in [5.74, 6) is 0.126. The number of rotatable bonds is 9. The average molecular weight is 565 g/mol. The summed E-state index contributed by atoms with van der Waals surface area (Å²) in [6.07, 6.45) is -0.836. The maximum Gasteiger partial charge on any atom is 0.433 e. The molecule has 1 aliphatic carbocycles. The van der Waals surface area contributed by atoms with Crippen molar-refractivity contribution in [3.05, 3.63) is 89.5 Å². The van der Waals surface area contributed by atoms with Gasteiger partial charge in [0.15, 0.2) is 0 Å². The average Bonchev–Trinajstić information content (AvgIpc) is 3.53. The van der Waals surface area contributed by atoms with Crippen LogP contribution >= 0.6 is 0 Å². The largest absolute Gasteiger partial charge is 0.472 e. The number of piperazine rings is 1. The number of likely N-dealkylation sites (tertiary alicyclic amines) is 1. The predicted octanol–water partition coefficient (Wildman–Crippen LogP) is 4.61. The molecule has 1 saturated carbocycles. The molecule has 3 aromatic rings. The second-order valence-electron chi connectivity index (χ2n) is 11.1. The van der Waals surface area contributed by atoms with Gasteiger partial charge in [0.1, 0.15) is 12.3 Å². The second kappa shape index (κ2) is 10.4. The van der Waals surface area contributed by atoms with Gasteiger partial charge in [0.05, 0.1) is 11.1 Å². The van der Waals surface area contributed by atoms with Crippen molar-refractivity contribution in [2.75, 3.05) is 18.0 Å². The monoisotopic (exact) mass is 564 g/mol. The first-order valence-corrected chi connectivity index (χ1v) is 13.7. The van der Waals surface area contributed by atoms with Crippen LogP contribution in [0.2, 0.25) is 0 Å². The van der Waals surface area contributed by atoms with Crippen LogP contribution in [0.3, 0.4) is 0 Å². The molecule has 3 aliphatic rings. The summed E-state index contributed by atoms with van der Waals surface area (Å²) in [5, 5.41) is 11.3. The normalized spacial score (nSPS) is 20.7. The van der Waals surface area contributed by atoms with Gasteiger partial charge in [0, 0.05) is 60.9 Å². The number of halogens is 3. The molecule has 41 heavy (non-hydrogen) atoms. The van der Waals surface area contributed by atoms with Gasteiger partial charge in [-0.25, -0.2) is 0 Å². The van der Waals surface area contributed by atoms with Crippen LogP contribution in [0.25, 0.3) is 0 Å². The number of hydrogen-bond donors (Lipinski definition) is 1. The van der Waals surface area contributed by atoms with E-state index in [4.69, 9.17) is 4.74 Å². The second-order valence-corrected chi connectivity index (χ2v) is 11.1. The molecule has 2 unspecified atom stereocenters. The van der Waals surface area contributed by atoms with Gasteiger partial charge in [-0.3, -0.25) is 9.78 Å². The number of amides is 1. The topological polar surface area (TPSA) is 83.5 Å². The van der Waals surface area contributed by atoms with Crippen molar-refractivity contribution in [1.82, 2.24) is 25.4 Å². The molecular formula is C30H31F3N6O2. The Morgan fingerprint density at radius 1 is 1.05 bits per heavy atom. The molecule has 1 N–H and O–H groups in total. The lowest BCUT2D eigenvalue weighted by Gasteiger charge is -2.37. The highest BCUT2D eigenvalue weighted by Gasteiger charge is 2.53. The zero-order valence-electron chi connectivity index (χ0n) is 22.7. The lowest BCUT2D eigenvalue weighted by Crippen LogP contribution is -2.45. The van der Waals surface area contributed by atoms with Crippen molar-refractivity contribution >= 4 is 11.6 Å². The number of alkyl halides is 3. The van der Waals surface area contributed by atoms with Crippen LogP contribution in [0.15, 0.2) is 67.0 Å². The van der Waals surface area contributed by atoms with Crippen LogP contribution in [-0.4, -0.2) is 51.2 Å². The third-order valence-corrected chi connectivity index (χ3v) is 8.27. The number of nitrogens with zero attached hydrogens (tertiary/aromatic N) is 5. The molecule has 0 spiro atoms. The van der Waals surface area contributed by atoms with Crippen molar-refractivity contribution in [3.63, 3.8) is 0 Å². The van der Waals surface area contributed by atoms with Gasteiger partial charge in [0.2, 0.25) is 11.8 Å². The Hall–Kier alpha value is -4.15. The molecule has 2 saturated heterocycles. The Balaban J connectivity index is 1.00. The third kappa shape index (κ3) is 5.45. The smallest absolute Gasteiger partial charge is 0.433 e. The third-order valence-electron chi connectivity index (χ3n) is 8.27. The van der Waals surface area contributed by atoms with Crippen molar-refractivity contribution < 1.29 is 22.7 Å². The van der Waals surface area contributed by atoms with Crippen LogP contribution in [0, 0.1) is 0 Å². The van der Waals surface area contributed by atoms with Gasteiger partial charge in [-0.1, -0.05) is 24.8 Å². The van der Waals surface area contributed by atoms with E-state index in [0.29, 0.717) is 42.7 Å². The predicted molar refractivity (Wildman–Crippen MR) is 146 cm³/mol. The highest BCUT2D eigenvalue weighted by Crippen LogP contribution is 2.47. The minimum absolute atomic E-state index is 0.00445. The number of anilines is 1. The summed E-state index contributed by atoms with van der Waals surface area (Å²) in [6, 6.07) is 15.0. The van der Waals surface area contributed by atoms with Gasteiger partial charge >= 0.3 is 6.18 Å². The lowest BCUT2D eigenvalue weighted by atomic mass is 10.0. The summed E-state index contributed by atoms with van der Waals surface area (Å²) in [4.78, 5) is 21.4. The lowest BCUT2D eigenvalue weighted by molar-refractivity contribution is -0.141. The SMILES string of the molecule is C=C(C)N1CC2CC1CN2c1ccc(CNC(=O)C2(c3ccc(OCc4ccc(C(F)(F)F)nc4)nn3)CC2)cc1. The van der Waals surface area contributed by atoms with E-state index in [-0.39, 0.29) is 18.4 Å². The van der Waals surface area contributed by atoms with E-state index in [0.717, 1.165) is 36.6 Å². The van der Waals surface area contributed by atoms with Gasteiger partial charge in [-0.15, -0.1) is 5.10 Å². The standard InChI is InChI=1S/C30H31F3N6O2/c1-19(2)38-16-24-13-23(38)17-39(24)22-6-3-20(4-7-22)14-35-28(40)29(11-12-29)25-9-10-27(37-36-25)41-18-21-5-8-26(34-15-21)30(31,32)33/h3-10,15,23-24H,1,11-14,16-18H2,2H3,(H,35,40). The molecule has 8 nitrogen and oxygen atoms in total. The first kappa shape index (κ1) is 27.0. The van der Waals surface area contributed by atoms with Crippen LogP contribution < -0.4 is 15.0 Å². The number of nitrogens with one attached hydrogen (secondary N) is 1. The number of allylic oxidation sites excluding steroid dienone is 1. The minimum Gasteiger partial charge on any atom is -0.472 e. The van der Waals surface area contributed by atoms with Crippen molar-refractivity contribution in [1.29, 1.82) is 0 Å². The maximum absolute atomic E-state index is 13.1. The Labute approximate surface area is 236 Å². The highest BCUT2D eigenvalue weighted by atomic mass is 19.4. The number of ether oxygens (including phenoxy) is 1. The first-order chi connectivity index (χ1) is 19.6. The molecule has 3 fully saturated rings. The van der Waals surface area contributed by atoms with Crippen molar-refractivity contribution in [2.24, 2.45) is 0 Å². The Kier molecular flexibility index (Phi) is 6.83. The minimum atomic E-state index is -4.49. The Morgan fingerprint density at radius 2 is 1.80 bits per heavy atom. The number of hydrogen-bond acceptors (Lipinski definition) is 7. The molecule has 0 radical (unpaired) electrons. The van der Waals surface area contributed by atoms with Crippen LogP contribution in [0.5, 0.6) is 5.88 Å². The van der Waals surface area contributed by atoms with E-state index in [1.54, 1.807) is 12.1 Å². The molecule has 2 bridgehead atoms. The number of carbonyl (C=O) groups excluding carboxylic acids is 1. The van der Waals surface area contributed by atoms with Gasteiger partial charge < -0.3 is 19.9 Å². The van der Waals surface area contributed by atoms with Gasteiger partial charge in [-0.05, 0) is 56.0 Å². The van der Waals surface area contributed by atoms with Crippen LogP contribution in [0.1, 0.15) is 48.7 Å². The molecule has 2 aromatic heterocycles. The number of fused-ring (bicyclic) bond motifs is 2. The van der Waals surface area contributed by atoms with E-state index < -0.39 is 17.3 Å². The summed E-state index contributed by atoms with van der Waals surface area (Å²) in [5.41, 5.74) is 2.76. The van der Waals surface area contributed by atoms with Gasteiger partial charge in [0.25, 0.3) is 0 Å². The molecule has 214 valence electrons. The van der Waals surface area contributed by atoms with E-state index in [1.807, 2.05) is 0 Å². The van der Waals surface area contributed by atoms with Crippen LogP contribution in [-0.2, 0) is 29.5 Å². The maximum atomic E-state index is 13.1. The molecular weight excluding hydrogens is 533 g/mol. The Bertz CT molecular complexity index is 1420. The number of carbonyl (C=O) groups is 1.